The summed E-state index contributed by atoms with van der Waals surface area (Å²) in [6.07, 6.45) is 7.19. The Morgan fingerprint density at radius 3 is 2.50 bits per heavy atom. The van der Waals surface area contributed by atoms with Crippen molar-refractivity contribution in [2.24, 2.45) is 0 Å². The third-order valence-corrected chi connectivity index (χ3v) is 5.92. The van der Waals surface area contributed by atoms with Gasteiger partial charge in [0.25, 0.3) is 11.1 Å². The van der Waals surface area contributed by atoms with Crippen molar-refractivity contribution in [2.75, 3.05) is 19.6 Å². The van der Waals surface area contributed by atoms with Gasteiger partial charge < -0.3 is 4.90 Å². The lowest BCUT2D eigenvalue weighted by Gasteiger charge is -2.26. The zero-order chi connectivity index (χ0) is 16.9. The average Bonchev–Trinajstić information content (AvgIpc) is 3.11. The minimum absolute atomic E-state index is 0.128. The second kappa shape index (κ2) is 7.98. The lowest BCUT2D eigenvalue weighted by Crippen LogP contribution is -2.43. The summed E-state index contributed by atoms with van der Waals surface area (Å²) in [5, 5.41) is 1.56. The second-order valence-electron chi connectivity index (χ2n) is 5.93. The fourth-order valence-electron chi connectivity index (χ4n) is 2.87. The summed E-state index contributed by atoms with van der Waals surface area (Å²) < 4.78 is 0. The molecule has 3 rings (SSSR count). The van der Waals surface area contributed by atoms with Gasteiger partial charge in [-0.15, -0.1) is 11.3 Å². The van der Waals surface area contributed by atoms with E-state index in [4.69, 9.17) is 0 Å². The van der Waals surface area contributed by atoms with E-state index >= 15 is 0 Å². The smallest absolute Gasteiger partial charge is 0.294 e. The van der Waals surface area contributed by atoms with E-state index in [-0.39, 0.29) is 23.6 Å². The van der Waals surface area contributed by atoms with Crippen LogP contribution in [0.1, 0.15) is 37.0 Å². The Hall–Kier alpha value is -1.60. The molecule has 1 aromatic rings. The van der Waals surface area contributed by atoms with Crippen molar-refractivity contribution in [3.8, 4) is 0 Å². The van der Waals surface area contributed by atoms with Crippen molar-refractivity contribution in [1.29, 1.82) is 0 Å². The predicted octanol–water partition coefficient (Wildman–Crippen LogP) is 3.58. The normalized spacial score (nSPS) is 21.2. The summed E-state index contributed by atoms with van der Waals surface area (Å²) >= 11 is 2.42. The number of amides is 3. The summed E-state index contributed by atoms with van der Waals surface area (Å²) in [6.45, 7) is 1.30. The Balaban J connectivity index is 1.65. The molecule has 2 aliphatic rings. The Morgan fingerprint density at radius 1 is 1.12 bits per heavy atom. The number of rotatable bonds is 3. The minimum Gasteiger partial charge on any atom is -0.341 e. The maximum atomic E-state index is 12.5. The van der Waals surface area contributed by atoms with E-state index in [0.29, 0.717) is 4.91 Å². The van der Waals surface area contributed by atoms with Crippen LogP contribution in [0.5, 0.6) is 0 Å². The third kappa shape index (κ3) is 4.08. The molecule has 0 aromatic carbocycles. The fraction of sp³-hybridized carbons (Fsp3) is 0.471. The zero-order valence-electron chi connectivity index (χ0n) is 13.4. The van der Waals surface area contributed by atoms with Gasteiger partial charge in [-0.2, -0.15) is 0 Å². The molecule has 0 atom stereocenters. The third-order valence-electron chi connectivity index (χ3n) is 4.19. The lowest BCUT2D eigenvalue weighted by atomic mass is 10.1. The van der Waals surface area contributed by atoms with Crippen LogP contribution in [0, 0.1) is 0 Å². The van der Waals surface area contributed by atoms with E-state index in [1.54, 1.807) is 11.0 Å². The second-order valence-corrected chi connectivity index (χ2v) is 7.90. The quantitative estimate of drug-likeness (QED) is 0.769. The van der Waals surface area contributed by atoms with Crippen molar-refractivity contribution >= 4 is 46.2 Å². The maximum Gasteiger partial charge on any atom is 0.294 e. The van der Waals surface area contributed by atoms with Gasteiger partial charge in [0.05, 0.1) is 4.91 Å². The summed E-state index contributed by atoms with van der Waals surface area (Å²) in [6, 6.07) is 3.79. The molecular weight excluding hydrogens is 344 g/mol. The molecule has 0 radical (unpaired) electrons. The van der Waals surface area contributed by atoms with Gasteiger partial charge >= 0.3 is 0 Å². The SMILES string of the molecule is O=C(CN1C(=O)S/C(=C\c2cccs2)C1=O)N1CCCCCCC1. The summed E-state index contributed by atoms with van der Waals surface area (Å²) in [5.41, 5.74) is 0. The van der Waals surface area contributed by atoms with Gasteiger partial charge in [0.2, 0.25) is 5.91 Å². The van der Waals surface area contributed by atoms with Gasteiger partial charge in [0, 0.05) is 18.0 Å². The van der Waals surface area contributed by atoms with Crippen molar-refractivity contribution in [2.45, 2.75) is 32.1 Å². The summed E-state index contributed by atoms with van der Waals surface area (Å²) in [4.78, 5) is 41.2. The molecule has 0 spiro atoms. The number of carbonyl (C=O) groups is 3. The number of nitrogens with zero attached hydrogens (tertiary/aromatic N) is 2. The number of hydrogen-bond donors (Lipinski definition) is 0. The van der Waals surface area contributed by atoms with Crippen LogP contribution in [0.25, 0.3) is 6.08 Å². The van der Waals surface area contributed by atoms with Crippen molar-refractivity contribution < 1.29 is 14.4 Å². The fourth-order valence-corrected chi connectivity index (χ4v) is 4.43. The van der Waals surface area contributed by atoms with Crippen LogP contribution < -0.4 is 0 Å². The highest BCUT2D eigenvalue weighted by atomic mass is 32.2. The van der Waals surface area contributed by atoms with E-state index in [1.165, 1.54) is 17.8 Å². The molecule has 24 heavy (non-hydrogen) atoms. The molecule has 3 amide bonds. The summed E-state index contributed by atoms with van der Waals surface area (Å²) in [5.74, 6) is -0.490. The molecule has 5 nitrogen and oxygen atoms in total. The first-order valence-electron chi connectivity index (χ1n) is 8.22. The first kappa shape index (κ1) is 17.2. The minimum atomic E-state index is -0.362. The van der Waals surface area contributed by atoms with E-state index in [1.807, 2.05) is 17.5 Å². The van der Waals surface area contributed by atoms with Crippen LogP contribution in [0.3, 0.4) is 0 Å². The monoisotopic (exact) mass is 364 g/mol. The Kier molecular flexibility index (Phi) is 5.73. The highest BCUT2D eigenvalue weighted by Crippen LogP contribution is 2.32. The first-order valence-corrected chi connectivity index (χ1v) is 9.91. The Labute approximate surface area is 149 Å². The summed E-state index contributed by atoms with van der Waals surface area (Å²) in [7, 11) is 0. The van der Waals surface area contributed by atoms with E-state index in [2.05, 4.69) is 0 Å². The van der Waals surface area contributed by atoms with E-state index in [0.717, 1.165) is 60.3 Å². The molecule has 0 N–H and O–H groups in total. The maximum absolute atomic E-state index is 12.5. The van der Waals surface area contributed by atoms with Crippen LogP contribution in [-0.2, 0) is 9.59 Å². The van der Waals surface area contributed by atoms with Gasteiger partial charge in [-0.3, -0.25) is 19.3 Å². The molecule has 0 saturated carbocycles. The first-order chi connectivity index (χ1) is 11.6. The molecule has 0 bridgehead atoms. The molecule has 2 aliphatic heterocycles. The van der Waals surface area contributed by atoms with Gasteiger partial charge in [0.1, 0.15) is 6.54 Å². The van der Waals surface area contributed by atoms with E-state index < -0.39 is 0 Å². The van der Waals surface area contributed by atoms with Crippen molar-refractivity contribution in [1.82, 2.24) is 9.80 Å². The number of carbonyl (C=O) groups excluding carboxylic acids is 3. The number of thiophene rings is 1. The Morgan fingerprint density at radius 2 is 1.83 bits per heavy atom. The predicted molar refractivity (Wildman–Crippen MR) is 96.7 cm³/mol. The van der Waals surface area contributed by atoms with Crippen molar-refractivity contribution in [3.63, 3.8) is 0 Å². The topological polar surface area (TPSA) is 57.7 Å². The molecule has 3 heterocycles. The number of hydrogen-bond acceptors (Lipinski definition) is 5. The van der Waals surface area contributed by atoms with Crippen LogP contribution in [0.15, 0.2) is 22.4 Å². The number of thioether (sulfide) groups is 1. The molecule has 128 valence electrons. The molecule has 2 fully saturated rings. The lowest BCUT2D eigenvalue weighted by molar-refractivity contribution is -0.136. The molecule has 2 saturated heterocycles. The number of imide groups is 1. The molecule has 1 aromatic heterocycles. The van der Waals surface area contributed by atoms with Gasteiger partial charge in [-0.05, 0) is 42.1 Å². The van der Waals surface area contributed by atoms with Gasteiger partial charge in [-0.25, -0.2) is 0 Å². The van der Waals surface area contributed by atoms with Crippen LogP contribution in [-0.4, -0.2) is 46.5 Å². The van der Waals surface area contributed by atoms with Gasteiger partial charge in [0.15, 0.2) is 0 Å². The van der Waals surface area contributed by atoms with E-state index in [9.17, 15) is 14.4 Å². The van der Waals surface area contributed by atoms with Crippen LogP contribution in [0.4, 0.5) is 4.79 Å². The van der Waals surface area contributed by atoms with Crippen molar-refractivity contribution in [3.05, 3.63) is 27.3 Å². The van der Waals surface area contributed by atoms with Gasteiger partial charge in [-0.1, -0.05) is 25.3 Å². The molecular formula is C17H20N2O3S2. The van der Waals surface area contributed by atoms with Crippen LogP contribution in [0.2, 0.25) is 0 Å². The largest absolute Gasteiger partial charge is 0.341 e. The highest BCUT2D eigenvalue weighted by molar-refractivity contribution is 8.18. The average molecular weight is 364 g/mol. The highest BCUT2D eigenvalue weighted by Gasteiger charge is 2.37. The molecule has 0 aliphatic carbocycles. The standard InChI is InChI=1S/C17H20N2O3S2/c20-15(18-8-4-2-1-3-5-9-18)12-19-16(21)14(24-17(19)22)11-13-7-6-10-23-13/h6-7,10-11H,1-5,8-9,12H2/b14-11-. The van der Waals surface area contributed by atoms with Crippen LogP contribution >= 0.6 is 23.1 Å². The molecule has 7 heteroatoms. The zero-order valence-corrected chi connectivity index (χ0v) is 15.0. The number of likely N-dealkylation sites (tertiary alicyclic amines) is 1. The molecule has 0 unspecified atom stereocenters. The Bertz CT molecular complexity index is 647.